The molecule has 0 fully saturated rings. The van der Waals surface area contributed by atoms with Crippen molar-refractivity contribution >= 4 is 0 Å². The number of nitrogens with one attached hydrogen (secondary N) is 1. The molecule has 0 amide bonds. The van der Waals surface area contributed by atoms with Gasteiger partial charge < -0.3 is 14.8 Å². The van der Waals surface area contributed by atoms with E-state index in [0.717, 1.165) is 30.2 Å². The highest BCUT2D eigenvalue weighted by molar-refractivity contribution is 5.41. The number of aryl methyl sites for hydroxylation is 1. The van der Waals surface area contributed by atoms with Gasteiger partial charge in [-0.2, -0.15) is 5.10 Å². The van der Waals surface area contributed by atoms with Crippen LogP contribution >= 0.6 is 0 Å². The Morgan fingerprint density at radius 3 is 2.56 bits per heavy atom. The molecule has 5 heteroatoms. The first kappa shape index (κ1) is 15.7. The molecule has 0 saturated heterocycles. The van der Waals surface area contributed by atoms with Crippen LogP contribution in [-0.2, 0) is 20.1 Å². The van der Waals surface area contributed by atoms with Crippen molar-refractivity contribution in [1.82, 2.24) is 15.1 Å². The van der Waals surface area contributed by atoms with Crippen molar-refractivity contribution < 1.29 is 9.47 Å². The van der Waals surface area contributed by atoms with Gasteiger partial charge in [0.2, 0.25) is 0 Å². The second-order valence-corrected chi connectivity index (χ2v) is 6.23. The zero-order valence-electron chi connectivity index (χ0n) is 14.2. The second kappa shape index (κ2) is 6.99. The van der Waals surface area contributed by atoms with Gasteiger partial charge in [0, 0.05) is 31.9 Å². The smallest absolute Gasteiger partial charge is 0.162 e. The second-order valence-electron chi connectivity index (χ2n) is 6.23. The first-order valence-corrected chi connectivity index (χ1v) is 8.43. The van der Waals surface area contributed by atoms with E-state index in [0.29, 0.717) is 6.61 Å². The van der Waals surface area contributed by atoms with E-state index in [-0.39, 0.29) is 6.10 Å². The van der Waals surface area contributed by atoms with Gasteiger partial charge in [-0.3, -0.25) is 4.68 Å². The molecule has 1 N–H and O–H groups in total. The van der Waals surface area contributed by atoms with Crippen LogP contribution in [0.5, 0.6) is 11.5 Å². The Balaban J connectivity index is 1.34. The lowest BCUT2D eigenvalue weighted by molar-refractivity contribution is 0.0913. The normalized spacial score (nSPS) is 16.0. The molecule has 0 spiro atoms. The third-order valence-corrected chi connectivity index (χ3v) is 4.28. The molecule has 3 aromatic rings. The molecule has 0 bridgehead atoms. The summed E-state index contributed by atoms with van der Waals surface area (Å²) in [5.41, 5.74) is 3.56. The SMILES string of the molecule is Cn1cc(CNCc2ccc(C3COc4ccccc4O3)cc2)cn1. The number of nitrogens with zero attached hydrogens (tertiary/aromatic N) is 2. The molecule has 2 heterocycles. The van der Waals surface area contributed by atoms with Gasteiger partial charge in [0.1, 0.15) is 6.61 Å². The van der Waals surface area contributed by atoms with Crippen LogP contribution < -0.4 is 14.8 Å². The summed E-state index contributed by atoms with van der Waals surface area (Å²) in [4.78, 5) is 0. The maximum absolute atomic E-state index is 6.05. The van der Waals surface area contributed by atoms with Crippen LogP contribution in [0.25, 0.3) is 0 Å². The Morgan fingerprint density at radius 2 is 1.80 bits per heavy atom. The minimum absolute atomic E-state index is 0.0627. The van der Waals surface area contributed by atoms with Crippen LogP contribution in [0.3, 0.4) is 0 Å². The summed E-state index contributed by atoms with van der Waals surface area (Å²) in [6.07, 6.45) is 3.84. The van der Waals surface area contributed by atoms with E-state index in [4.69, 9.17) is 9.47 Å². The summed E-state index contributed by atoms with van der Waals surface area (Å²) in [7, 11) is 1.93. The number of fused-ring (bicyclic) bond motifs is 1. The van der Waals surface area contributed by atoms with Crippen molar-refractivity contribution in [1.29, 1.82) is 0 Å². The van der Waals surface area contributed by atoms with E-state index in [1.54, 1.807) is 0 Å². The Hall–Kier alpha value is -2.79. The summed E-state index contributed by atoms with van der Waals surface area (Å²) >= 11 is 0. The van der Waals surface area contributed by atoms with Gasteiger partial charge in [-0.1, -0.05) is 36.4 Å². The Morgan fingerprint density at radius 1 is 1.04 bits per heavy atom. The molecule has 0 aliphatic carbocycles. The van der Waals surface area contributed by atoms with Crippen LogP contribution in [0.1, 0.15) is 22.8 Å². The molecule has 5 nitrogen and oxygen atoms in total. The molecule has 1 unspecified atom stereocenters. The number of hydrogen-bond acceptors (Lipinski definition) is 4. The standard InChI is InChI=1S/C20H21N3O2/c1-23-13-16(12-22-23)11-21-10-15-6-8-17(9-7-15)20-14-24-18-4-2-3-5-19(18)25-20/h2-9,12-13,20-21H,10-11,14H2,1H3. The monoisotopic (exact) mass is 335 g/mol. The van der Waals surface area contributed by atoms with Gasteiger partial charge >= 0.3 is 0 Å². The van der Waals surface area contributed by atoms with E-state index in [1.807, 2.05) is 48.4 Å². The fourth-order valence-electron chi connectivity index (χ4n) is 2.95. The fourth-order valence-corrected chi connectivity index (χ4v) is 2.95. The van der Waals surface area contributed by atoms with Crippen molar-refractivity contribution in [2.75, 3.05) is 6.61 Å². The maximum atomic E-state index is 6.05. The summed E-state index contributed by atoms with van der Waals surface area (Å²) in [6.45, 7) is 2.17. The fraction of sp³-hybridized carbons (Fsp3) is 0.250. The zero-order chi connectivity index (χ0) is 17.1. The molecular weight excluding hydrogens is 314 g/mol. The third-order valence-electron chi connectivity index (χ3n) is 4.28. The highest BCUT2D eigenvalue weighted by Gasteiger charge is 2.21. The number of rotatable bonds is 5. The van der Waals surface area contributed by atoms with Gasteiger partial charge in [-0.05, 0) is 23.3 Å². The van der Waals surface area contributed by atoms with Crippen LogP contribution in [0.15, 0.2) is 60.9 Å². The average molecular weight is 335 g/mol. The van der Waals surface area contributed by atoms with Crippen molar-refractivity contribution in [3.8, 4) is 11.5 Å². The van der Waals surface area contributed by atoms with Crippen LogP contribution in [0.4, 0.5) is 0 Å². The number of para-hydroxylation sites is 2. The van der Waals surface area contributed by atoms with E-state index in [9.17, 15) is 0 Å². The minimum atomic E-state index is -0.0627. The number of hydrogen-bond donors (Lipinski definition) is 1. The number of ether oxygens (including phenoxy) is 2. The molecule has 25 heavy (non-hydrogen) atoms. The molecule has 1 aliphatic rings. The zero-order valence-corrected chi connectivity index (χ0v) is 14.2. The third kappa shape index (κ3) is 3.67. The topological polar surface area (TPSA) is 48.3 Å². The lowest BCUT2D eigenvalue weighted by atomic mass is 10.1. The van der Waals surface area contributed by atoms with Gasteiger partial charge in [0.05, 0.1) is 6.20 Å². The molecule has 128 valence electrons. The van der Waals surface area contributed by atoms with E-state index in [1.165, 1.54) is 11.1 Å². The summed E-state index contributed by atoms with van der Waals surface area (Å²) < 4.78 is 13.7. The highest BCUT2D eigenvalue weighted by atomic mass is 16.6. The molecule has 0 radical (unpaired) electrons. The number of benzene rings is 2. The van der Waals surface area contributed by atoms with E-state index >= 15 is 0 Å². The van der Waals surface area contributed by atoms with Crippen LogP contribution in [0, 0.1) is 0 Å². The first-order chi connectivity index (χ1) is 12.3. The molecule has 4 rings (SSSR count). The molecule has 2 aromatic carbocycles. The van der Waals surface area contributed by atoms with E-state index in [2.05, 4.69) is 34.7 Å². The molecule has 1 aromatic heterocycles. The molecule has 1 atom stereocenters. The van der Waals surface area contributed by atoms with Crippen LogP contribution in [0.2, 0.25) is 0 Å². The number of aromatic nitrogens is 2. The van der Waals surface area contributed by atoms with Gasteiger partial charge in [0.15, 0.2) is 17.6 Å². The predicted molar refractivity (Wildman–Crippen MR) is 95.5 cm³/mol. The van der Waals surface area contributed by atoms with Crippen molar-refractivity contribution in [2.24, 2.45) is 7.05 Å². The lowest BCUT2D eigenvalue weighted by Crippen LogP contribution is -2.21. The summed E-state index contributed by atoms with van der Waals surface area (Å²) in [6, 6.07) is 16.3. The maximum Gasteiger partial charge on any atom is 0.162 e. The van der Waals surface area contributed by atoms with Crippen LogP contribution in [-0.4, -0.2) is 16.4 Å². The van der Waals surface area contributed by atoms with Crippen molar-refractivity contribution in [2.45, 2.75) is 19.2 Å². The highest BCUT2D eigenvalue weighted by Crippen LogP contribution is 2.35. The van der Waals surface area contributed by atoms with Crippen molar-refractivity contribution in [3.05, 3.63) is 77.6 Å². The first-order valence-electron chi connectivity index (χ1n) is 8.43. The molecular formula is C20H21N3O2. The van der Waals surface area contributed by atoms with Gasteiger partial charge in [-0.25, -0.2) is 0 Å². The summed E-state index contributed by atoms with van der Waals surface area (Å²) in [5, 5.41) is 7.61. The van der Waals surface area contributed by atoms with E-state index < -0.39 is 0 Å². The largest absolute Gasteiger partial charge is 0.485 e. The average Bonchev–Trinajstić information content (AvgIpc) is 3.07. The van der Waals surface area contributed by atoms with Gasteiger partial charge in [0.25, 0.3) is 0 Å². The minimum Gasteiger partial charge on any atom is -0.485 e. The Bertz CT molecular complexity index is 842. The molecule has 0 saturated carbocycles. The van der Waals surface area contributed by atoms with Gasteiger partial charge in [-0.15, -0.1) is 0 Å². The quantitative estimate of drug-likeness (QED) is 0.778. The Labute approximate surface area is 147 Å². The Kier molecular flexibility index (Phi) is 4.39. The molecule has 1 aliphatic heterocycles. The predicted octanol–water partition coefficient (Wildman–Crippen LogP) is 3.22. The van der Waals surface area contributed by atoms with Crippen molar-refractivity contribution in [3.63, 3.8) is 0 Å². The lowest BCUT2D eigenvalue weighted by Gasteiger charge is -2.26. The summed E-state index contributed by atoms with van der Waals surface area (Å²) in [5.74, 6) is 1.62.